The van der Waals surface area contributed by atoms with Gasteiger partial charge in [-0.15, -0.1) is 0 Å². The maximum atomic E-state index is 13.1. The molecule has 0 fully saturated rings. The van der Waals surface area contributed by atoms with Crippen LogP contribution >= 0.6 is 0 Å². The minimum absolute atomic E-state index is 0.168. The van der Waals surface area contributed by atoms with Crippen molar-refractivity contribution in [3.05, 3.63) is 72.6 Å². The first-order valence-corrected chi connectivity index (χ1v) is 9.30. The molecule has 1 aromatic heterocycles. The van der Waals surface area contributed by atoms with Crippen molar-refractivity contribution in [2.24, 2.45) is 0 Å². The Morgan fingerprint density at radius 3 is 2.43 bits per heavy atom. The molecular formula is C21H21FN4O4. The summed E-state index contributed by atoms with van der Waals surface area (Å²) in [7, 11) is 0. The number of rotatable bonds is 8. The van der Waals surface area contributed by atoms with Crippen molar-refractivity contribution < 1.29 is 23.5 Å². The molecule has 0 unspecified atom stereocenters. The van der Waals surface area contributed by atoms with Crippen LogP contribution < -0.4 is 20.3 Å². The van der Waals surface area contributed by atoms with Gasteiger partial charge in [-0.05, 0) is 42.8 Å². The van der Waals surface area contributed by atoms with Crippen molar-refractivity contribution >= 4 is 11.8 Å². The Hall–Kier alpha value is -3.88. The van der Waals surface area contributed by atoms with Crippen molar-refractivity contribution in [2.75, 3.05) is 13.2 Å². The van der Waals surface area contributed by atoms with Crippen molar-refractivity contribution in [3.8, 4) is 17.2 Å². The van der Waals surface area contributed by atoms with Crippen LogP contribution in [0.25, 0.3) is 5.69 Å². The van der Waals surface area contributed by atoms with E-state index in [0.717, 1.165) is 6.42 Å². The van der Waals surface area contributed by atoms with Gasteiger partial charge in [0.2, 0.25) is 0 Å². The van der Waals surface area contributed by atoms with Gasteiger partial charge in [0, 0.05) is 5.69 Å². The van der Waals surface area contributed by atoms with Crippen molar-refractivity contribution in [1.82, 2.24) is 20.4 Å². The summed E-state index contributed by atoms with van der Waals surface area (Å²) in [4.78, 5) is 28.4. The molecule has 0 saturated carbocycles. The largest absolute Gasteiger partial charge is 0.490 e. The number of nitrogens with zero attached hydrogens (tertiary/aromatic N) is 2. The van der Waals surface area contributed by atoms with Crippen molar-refractivity contribution in [3.63, 3.8) is 0 Å². The number of para-hydroxylation sites is 2. The third-order valence-corrected chi connectivity index (χ3v) is 3.96. The number of hydrogen-bond donors (Lipinski definition) is 2. The van der Waals surface area contributed by atoms with Gasteiger partial charge in [-0.2, -0.15) is 0 Å². The van der Waals surface area contributed by atoms with Gasteiger partial charge in [-0.3, -0.25) is 25.0 Å². The fourth-order valence-corrected chi connectivity index (χ4v) is 2.54. The zero-order chi connectivity index (χ0) is 21.3. The van der Waals surface area contributed by atoms with Gasteiger partial charge in [0.05, 0.1) is 19.1 Å². The second-order valence-corrected chi connectivity index (χ2v) is 6.21. The molecule has 0 bridgehead atoms. The van der Waals surface area contributed by atoms with Crippen LogP contribution in [0.3, 0.4) is 0 Å². The second-order valence-electron chi connectivity index (χ2n) is 6.21. The third kappa shape index (κ3) is 5.34. The van der Waals surface area contributed by atoms with E-state index >= 15 is 0 Å². The van der Waals surface area contributed by atoms with Gasteiger partial charge in [0.25, 0.3) is 11.8 Å². The standard InChI is InChI=1S/C21H21FN4O4/c1-2-11-29-18-5-3-4-6-19(18)30-13-20(27)24-25-21(28)17-12-23-14-26(17)16-9-7-15(22)8-10-16/h3-10,12,14H,2,11,13H2,1H3,(H,24,27)(H,25,28). The lowest BCUT2D eigenvalue weighted by Crippen LogP contribution is -2.44. The fourth-order valence-electron chi connectivity index (χ4n) is 2.54. The zero-order valence-electron chi connectivity index (χ0n) is 16.3. The predicted molar refractivity (Wildman–Crippen MR) is 107 cm³/mol. The first kappa shape index (κ1) is 20.8. The van der Waals surface area contributed by atoms with Crippen LogP contribution in [0.2, 0.25) is 0 Å². The van der Waals surface area contributed by atoms with E-state index in [2.05, 4.69) is 15.8 Å². The quantitative estimate of drug-likeness (QED) is 0.555. The Bertz CT molecular complexity index is 1000. The number of carbonyl (C=O) groups excluding carboxylic acids is 2. The average Bonchev–Trinajstić information content (AvgIpc) is 3.25. The van der Waals surface area contributed by atoms with Crippen LogP contribution in [-0.4, -0.2) is 34.6 Å². The zero-order valence-corrected chi connectivity index (χ0v) is 16.3. The minimum Gasteiger partial charge on any atom is -0.490 e. The normalized spacial score (nSPS) is 10.3. The summed E-state index contributed by atoms with van der Waals surface area (Å²) >= 11 is 0. The number of halogens is 1. The molecule has 2 N–H and O–H groups in total. The Labute approximate surface area is 172 Å². The highest BCUT2D eigenvalue weighted by Gasteiger charge is 2.14. The van der Waals surface area contributed by atoms with Crippen LogP contribution in [0, 0.1) is 5.82 Å². The predicted octanol–water partition coefficient (Wildman–Crippen LogP) is 2.64. The molecule has 156 valence electrons. The third-order valence-electron chi connectivity index (χ3n) is 3.96. The van der Waals surface area contributed by atoms with Gasteiger partial charge in [-0.25, -0.2) is 9.37 Å². The van der Waals surface area contributed by atoms with E-state index in [1.807, 2.05) is 13.0 Å². The lowest BCUT2D eigenvalue weighted by atomic mass is 10.3. The summed E-state index contributed by atoms with van der Waals surface area (Å²) in [5, 5.41) is 0. The molecule has 0 spiro atoms. The number of ether oxygens (including phenoxy) is 2. The first-order chi connectivity index (χ1) is 14.6. The molecule has 0 aliphatic carbocycles. The number of hydrazine groups is 1. The smallest absolute Gasteiger partial charge is 0.288 e. The average molecular weight is 412 g/mol. The molecule has 2 amide bonds. The number of aromatic nitrogens is 2. The van der Waals surface area contributed by atoms with Crippen LogP contribution in [0.4, 0.5) is 4.39 Å². The number of imidazole rings is 1. The summed E-state index contributed by atoms with van der Waals surface area (Å²) in [5.74, 6) is -0.557. The van der Waals surface area contributed by atoms with E-state index in [4.69, 9.17) is 9.47 Å². The molecule has 9 heteroatoms. The Morgan fingerprint density at radius 2 is 1.73 bits per heavy atom. The first-order valence-electron chi connectivity index (χ1n) is 9.30. The molecule has 1 heterocycles. The van der Waals surface area contributed by atoms with E-state index < -0.39 is 17.6 Å². The maximum Gasteiger partial charge on any atom is 0.288 e. The summed E-state index contributed by atoms with van der Waals surface area (Å²) in [6, 6.07) is 12.6. The second kappa shape index (κ2) is 10.1. The fraction of sp³-hybridized carbons (Fsp3) is 0.190. The van der Waals surface area contributed by atoms with E-state index in [9.17, 15) is 14.0 Å². The van der Waals surface area contributed by atoms with E-state index in [-0.39, 0.29) is 12.3 Å². The summed E-state index contributed by atoms with van der Waals surface area (Å²) < 4.78 is 25.6. The number of benzene rings is 2. The number of amides is 2. The van der Waals surface area contributed by atoms with Crippen LogP contribution in [0.15, 0.2) is 61.1 Å². The van der Waals surface area contributed by atoms with Crippen molar-refractivity contribution in [1.29, 1.82) is 0 Å². The van der Waals surface area contributed by atoms with Crippen LogP contribution in [-0.2, 0) is 4.79 Å². The highest BCUT2D eigenvalue weighted by molar-refractivity contribution is 5.94. The van der Waals surface area contributed by atoms with Gasteiger partial charge < -0.3 is 9.47 Å². The molecule has 0 aliphatic rings. The molecule has 2 aromatic carbocycles. The highest BCUT2D eigenvalue weighted by atomic mass is 19.1. The molecule has 3 aromatic rings. The topological polar surface area (TPSA) is 94.5 Å². The Kier molecular flexibility index (Phi) is 6.99. The maximum absolute atomic E-state index is 13.1. The number of carbonyl (C=O) groups is 2. The summed E-state index contributed by atoms with van der Waals surface area (Å²) in [6.07, 6.45) is 3.60. The van der Waals surface area contributed by atoms with E-state index in [1.165, 1.54) is 41.4 Å². The summed E-state index contributed by atoms with van der Waals surface area (Å²) in [6.45, 7) is 2.20. The molecule has 0 radical (unpaired) electrons. The molecule has 3 rings (SSSR count). The lowest BCUT2D eigenvalue weighted by Gasteiger charge is -2.13. The molecule has 8 nitrogen and oxygen atoms in total. The molecular weight excluding hydrogens is 391 g/mol. The molecule has 0 aliphatic heterocycles. The van der Waals surface area contributed by atoms with E-state index in [1.54, 1.807) is 18.2 Å². The minimum atomic E-state index is -0.586. The van der Waals surface area contributed by atoms with Gasteiger partial charge in [0.15, 0.2) is 18.1 Å². The molecule has 0 saturated heterocycles. The van der Waals surface area contributed by atoms with Gasteiger partial charge in [-0.1, -0.05) is 19.1 Å². The van der Waals surface area contributed by atoms with Gasteiger partial charge in [0.1, 0.15) is 11.5 Å². The molecule has 0 atom stereocenters. The number of nitrogens with one attached hydrogen (secondary N) is 2. The van der Waals surface area contributed by atoms with Gasteiger partial charge >= 0.3 is 0 Å². The Balaban J connectivity index is 1.54. The van der Waals surface area contributed by atoms with Crippen LogP contribution in [0.1, 0.15) is 23.8 Å². The van der Waals surface area contributed by atoms with Crippen LogP contribution in [0.5, 0.6) is 11.5 Å². The van der Waals surface area contributed by atoms with E-state index in [0.29, 0.717) is 23.8 Å². The molecule has 30 heavy (non-hydrogen) atoms. The lowest BCUT2D eigenvalue weighted by molar-refractivity contribution is -0.123. The monoisotopic (exact) mass is 412 g/mol. The Morgan fingerprint density at radius 1 is 1.03 bits per heavy atom. The number of hydrogen-bond acceptors (Lipinski definition) is 5. The SMILES string of the molecule is CCCOc1ccccc1OCC(=O)NNC(=O)c1cncn1-c1ccc(F)cc1. The summed E-state index contributed by atoms with van der Waals surface area (Å²) in [5.41, 5.74) is 5.31. The van der Waals surface area contributed by atoms with Crippen molar-refractivity contribution in [2.45, 2.75) is 13.3 Å². The highest BCUT2D eigenvalue weighted by Crippen LogP contribution is 2.26.